The molecule has 2 bridgehead atoms. The van der Waals surface area contributed by atoms with Crippen molar-refractivity contribution in [1.82, 2.24) is 24.5 Å². The predicted octanol–water partition coefficient (Wildman–Crippen LogP) is 5.72. The van der Waals surface area contributed by atoms with E-state index in [9.17, 15) is 40.7 Å². The fourth-order valence-corrected chi connectivity index (χ4v) is 9.96. The lowest BCUT2D eigenvalue weighted by Crippen LogP contribution is -2.56. The Balaban J connectivity index is 1.06. The minimum Gasteiger partial charge on any atom is -0.398 e. The summed E-state index contributed by atoms with van der Waals surface area (Å²) in [6.45, 7) is 2.95. The first-order chi connectivity index (χ1) is 25.1. The number of halogens is 6. The van der Waals surface area contributed by atoms with Gasteiger partial charge in [0.05, 0.1) is 35.0 Å². The molecule has 5 aliphatic heterocycles. The fraction of sp³-hybridized carbons (Fsp3) is 0.639. The molecule has 10 nitrogen and oxygen atoms in total. The molecule has 17 heteroatoms. The molecule has 6 heterocycles. The number of likely N-dealkylation sites (tertiary alicyclic amines) is 1. The molecule has 4 saturated heterocycles. The number of fused-ring (bicyclic) bond motifs is 3. The largest absolute Gasteiger partial charge is 0.418 e. The van der Waals surface area contributed by atoms with Gasteiger partial charge >= 0.3 is 18.4 Å². The molecule has 0 aliphatic carbocycles. The molecular formula is C36H45F6N7O3S. The number of amides is 4. The Labute approximate surface area is 308 Å². The van der Waals surface area contributed by atoms with Crippen molar-refractivity contribution in [2.24, 2.45) is 5.92 Å². The molecular weight excluding hydrogens is 724 g/mol. The van der Waals surface area contributed by atoms with Crippen molar-refractivity contribution in [3.63, 3.8) is 0 Å². The third kappa shape index (κ3) is 7.84. The van der Waals surface area contributed by atoms with Crippen molar-refractivity contribution in [3.05, 3.63) is 45.1 Å². The van der Waals surface area contributed by atoms with E-state index in [-0.39, 0.29) is 24.1 Å². The Bertz CT molecular complexity index is 1650. The van der Waals surface area contributed by atoms with Gasteiger partial charge in [0.1, 0.15) is 0 Å². The summed E-state index contributed by atoms with van der Waals surface area (Å²) in [4.78, 5) is 51.6. The van der Waals surface area contributed by atoms with Crippen LogP contribution < -0.4 is 11.1 Å². The average Bonchev–Trinajstić information content (AvgIpc) is 3.63. The maximum atomic E-state index is 14.2. The van der Waals surface area contributed by atoms with Gasteiger partial charge in [-0.25, -0.2) is 4.79 Å². The maximum Gasteiger partial charge on any atom is 0.418 e. The summed E-state index contributed by atoms with van der Waals surface area (Å²) in [7, 11) is 2.17. The normalized spacial score (nSPS) is 25.4. The third-order valence-electron chi connectivity index (χ3n) is 12.1. The standard InChI is InChI=1S/C36H45F6N7O3S/c1-45-24-2-3-25(45)19-26(18-24)46-9-11-48(12-10-46)33(51)22(14-21-15-27(35(37,38)39)32(43)28(16-21)36(40,41)42)17-31(50)47-7-4-23(5-8-47)49-20-30-29(6-13-53-30)44-34(49)52/h6,13,15-16,22-26H,2-5,7-12,14,17-20,43H2,1H3,(H,44,52)/t22-,24?,25?,26?/m0/s1. The van der Waals surface area contributed by atoms with E-state index in [1.165, 1.54) is 12.8 Å². The second-order valence-electron chi connectivity index (χ2n) is 15.2. The van der Waals surface area contributed by atoms with E-state index in [2.05, 4.69) is 22.2 Å². The van der Waals surface area contributed by atoms with Crippen LogP contribution in [-0.4, -0.2) is 113 Å². The molecule has 3 atom stereocenters. The van der Waals surface area contributed by atoms with E-state index in [0.717, 1.165) is 23.4 Å². The van der Waals surface area contributed by atoms with Gasteiger partial charge in [-0.2, -0.15) is 26.3 Å². The van der Waals surface area contributed by atoms with Crippen molar-refractivity contribution in [2.45, 2.75) is 94.4 Å². The number of nitrogens with one attached hydrogen (secondary N) is 1. The van der Waals surface area contributed by atoms with Crippen molar-refractivity contribution in [3.8, 4) is 0 Å². The number of hydrogen-bond donors (Lipinski definition) is 2. The molecule has 2 unspecified atom stereocenters. The predicted molar refractivity (Wildman–Crippen MR) is 187 cm³/mol. The number of anilines is 2. The number of hydrogen-bond acceptors (Lipinski definition) is 7. The van der Waals surface area contributed by atoms with Gasteiger partial charge in [0.25, 0.3) is 0 Å². The topological polar surface area (TPSA) is 105 Å². The first kappa shape index (κ1) is 37.7. The van der Waals surface area contributed by atoms with E-state index >= 15 is 0 Å². The van der Waals surface area contributed by atoms with Crippen molar-refractivity contribution in [1.29, 1.82) is 0 Å². The fourth-order valence-electron chi connectivity index (χ4n) is 9.13. The Kier molecular flexibility index (Phi) is 10.4. The minimum atomic E-state index is -5.17. The van der Waals surface area contributed by atoms with Crippen LogP contribution in [-0.2, 0) is 34.9 Å². The number of nitrogens with zero attached hydrogens (tertiary/aromatic N) is 5. The van der Waals surface area contributed by atoms with Crippen LogP contribution >= 0.6 is 11.3 Å². The second kappa shape index (κ2) is 14.6. The zero-order valence-corrected chi connectivity index (χ0v) is 30.3. The van der Waals surface area contributed by atoms with Crippen LogP contribution in [0.2, 0.25) is 0 Å². The average molecular weight is 770 g/mol. The van der Waals surface area contributed by atoms with E-state index < -0.39 is 53.3 Å². The number of thiophene rings is 1. The van der Waals surface area contributed by atoms with Gasteiger partial charge in [0.2, 0.25) is 11.8 Å². The SMILES string of the molecule is CN1C2CCC1CC(N1CCN(C(=O)[C@H](CC(=O)N3CCC(N4Cc5sccc5NC4=O)CC3)Cc3cc(C(F)(F)F)c(N)c(C(F)(F)F)c3)CC1)C2. The zero-order chi connectivity index (χ0) is 37.8. The first-order valence-electron chi connectivity index (χ1n) is 18.3. The van der Waals surface area contributed by atoms with E-state index in [1.807, 2.05) is 11.4 Å². The highest BCUT2D eigenvalue weighted by Crippen LogP contribution is 2.43. The van der Waals surface area contributed by atoms with Gasteiger partial charge in [-0.05, 0) is 81.1 Å². The Hall–Kier alpha value is -3.57. The molecule has 53 heavy (non-hydrogen) atoms. The lowest BCUT2D eigenvalue weighted by Gasteiger charge is -2.45. The van der Waals surface area contributed by atoms with Crippen molar-refractivity contribution in [2.75, 3.05) is 57.4 Å². The van der Waals surface area contributed by atoms with E-state index in [1.54, 1.807) is 26.0 Å². The van der Waals surface area contributed by atoms with Crippen LogP contribution in [0.5, 0.6) is 0 Å². The first-order valence-corrected chi connectivity index (χ1v) is 19.2. The monoisotopic (exact) mass is 769 g/mol. The molecule has 2 aromatic rings. The van der Waals surface area contributed by atoms with E-state index in [4.69, 9.17) is 5.73 Å². The smallest absolute Gasteiger partial charge is 0.398 e. The summed E-state index contributed by atoms with van der Waals surface area (Å²) in [5.41, 5.74) is 1.14. The summed E-state index contributed by atoms with van der Waals surface area (Å²) >= 11 is 1.54. The summed E-state index contributed by atoms with van der Waals surface area (Å²) in [6.07, 6.45) is -5.80. The van der Waals surface area contributed by atoms with Crippen LogP contribution in [0.3, 0.4) is 0 Å². The molecule has 4 fully saturated rings. The summed E-state index contributed by atoms with van der Waals surface area (Å²) < 4.78 is 83.6. The van der Waals surface area contributed by atoms with Gasteiger partial charge in [-0.15, -0.1) is 11.3 Å². The lowest BCUT2D eigenvalue weighted by molar-refractivity contribution is -0.143. The Morgan fingerprint density at radius 2 is 1.47 bits per heavy atom. The highest BCUT2D eigenvalue weighted by atomic mass is 32.1. The van der Waals surface area contributed by atoms with Crippen LogP contribution in [0, 0.1) is 5.92 Å². The van der Waals surface area contributed by atoms with Crippen LogP contribution in [0.25, 0.3) is 0 Å². The van der Waals surface area contributed by atoms with Gasteiger partial charge < -0.3 is 30.7 Å². The van der Waals surface area contributed by atoms with Gasteiger partial charge in [-0.3, -0.25) is 14.5 Å². The summed E-state index contributed by atoms with van der Waals surface area (Å²) in [6, 6.07) is 4.10. The highest BCUT2D eigenvalue weighted by Gasteiger charge is 2.43. The molecule has 0 radical (unpaired) electrons. The zero-order valence-electron chi connectivity index (χ0n) is 29.5. The molecule has 0 saturated carbocycles. The molecule has 3 N–H and O–H groups in total. The molecule has 7 rings (SSSR count). The Morgan fingerprint density at radius 1 is 0.868 bits per heavy atom. The number of benzene rings is 1. The van der Waals surface area contributed by atoms with Crippen LogP contribution in [0.15, 0.2) is 23.6 Å². The number of alkyl halides is 6. The quantitative estimate of drug-likeness (QED) is 0.276. The molecule has 0 spiro atoms. The molecule has 5 aliphatic rings. The third-order valence-corrected chi connectivity index (χ3v) is 13.0. The number of urea groups is 1. The van der Waals surface area contributed by atoms with E-state index in [0.29, 0.717) is 88.9 Å². The lowest BCUT2D eigenvalue weighted by atomic mass is 9.90. The molecule has 1 aromatic heterocycles. The number of carbonyl (C=O) groups excluding carboxylic acids is 3. The van der Waals surface area contributed by atoms with Crippen molar-refractivity contribution >= 4 is 40.6 Å². The number of carbonyl (C=O) groups is 3. The van der Waals surface area contributed by atoms with Gasteiger partial charge in [0, 0.05) is 74.7 Å². The number of rotatable bonds is 7. The second-order valence-corrected chi connectivity index (χ2v) is 16.2. The highest BCUT2D eigenvalue weighted by molar-refractivity contribution is 7.10. The summed E-state index contributed by atoms with van der Waals surface area (Å²) in [5, 5.41) is 4.80. The van der Waals surface area contributed by atoms with Crippen molar-refractivity contribution < 1.29 is 40.7 Å². The number of nitrogens with two attached hydrogens (primary N) is 1. The summed E-state index contributed by atoms with van der Waals surface area (Å²) in [5.74, 6) is -2.07. The molecule has 290 valence electrons. The van der Waals surface area contributed by atoms with Crippen LogP contribution in [0.1, 0.15) is 66.5 Å². The number of nitrogen functional groups attached to an aromatic ring is 1. The van der Waals surface area contributed by atoms with Gasteiger partial charge in [0.15, 0.2) is 0 Å². The number of piperidine rings is 2. The Morgan fingerprint density at radius 3 is 2.06 bits per heavy atom. The minimum absolute atomic E-state index is 0.126. The molecule has 4 amide bonds. The van der Waals surface area contributed by atoms with Gasteiger partial charge in [-0.1, -0.05) is 0 Å². The maximum absolute atomic E-state index is 14.2. The molecule has 1 aromatic carbocycles. The van der Waals surface area contributed by atoms with Crippen LogP contribution in [0.4, 0.5) is 42.5 Å². The number of piperazine rings is 1.